The molecular weight excluding hydrogens is 402 g/mol. The third-order valence-corrected chi connectivity index (χ3v) is 6.14. The second-order valence-electron chi connectivity index (χ2n) is 8.61. The highest BCUT2D eigenvalue weighted by Gasteiger charge is 2.27. The summed E-state index contributed by atoms with van der Waals surface area (Å²) in [7, 11) is 0. The highest BCUT2D eigenvalue weighted by atomic mass is 16.5. The van der Waals surface area contributed by atoms with E-state index in [-0.39, 0.29) is 11.8 Å². The van der Waals surface area contributed by atoms with Crippen LogP contribution in [-0.2, 0) is 6.42 Å². The maximum atomic E-state index is 12.4. The molecule has 3 heterocycles. The van der Waals surface area contributed by atoms with Crippen molar-refractivity contribution in [3.63, 3.8) is 0 Å². The molecular formula is C25H23N5O2. The molecule has 4 aromatic rings. The first-order chi connectivity index (χ1) is 15.6. The minimum atomic E-state index is -0.00885. The predicted molar refractivity (Wildman–Crippen MR) is 123 cm³/mol. The molecule has 1 amide bonds. The molecule has 2 aliphatic rings. The van der Waals surface area contributed by atoms with Crippen molar-refractivity contribution >= 4 is 22.8 Å². The van der Waals surface area contributed by atoms with Gasteiger partial charge in [0.1, 0.15) is 17.4 Å². The number of imidazole rings is 1. The summed E-state index contributed by atoms with van der Waals surface area (Å²) in [5, 5.41) is 3.05. The molecule has 7 nitrogen and oxygen atoms in total. The first-order valence-corrected chi connectivity index (χ1v) is 10.9. The van der Waals surface area contributed by atoms with Crippen LogP contribution in [0, 0.1) is 0 Å². The average Bonchev–Trinajstić information content (AvgIpc) is 3.52. The van der Waals surface area contributed by atoms with Crippen molar-refractivity contribution in [2.75, 3.05) is 12.3 Å². The lowest BCUT2D eigenvalue weighted by molar-refractivity contribution is 0.0951. The number of H-pyrrole nitrogens is 1. The van der Waals surface area contributed by atoms with E-state index in [1.54, 1.807) is 6.20 Å². The fraction of sp³-hybridized carbons (Fsp3) is 0.240. The number of nitrogens with zero attached hydrogens (tertiary/aromatic N) is 2. The second-order valence-corrected chi connectivity index (χ2v) is 8.61. The van der Waals surface area contributed by atoms with Gasteiger partial charge in [0.05, 0.1) is 23.6 Å². The van der Waals surface area contributed by atoms with E-state index < -0.39 is 0 Å². The highest BCUT2D eigenvalue weighted by Crippen LogP contribution is 2.34. The molecule has 160 valence electrons. The van der Waals surface area contributed by atoms with Crippen molar-refractivity contribution in [1.29, 1.82) is 0 Å². The number of fused-ring (bicyclic) bond motifs is 2. The van der Waals surface area contributed by atoms with Crippen LogP contribution in [0.15, 0.2) is 54.7 Å². The maximum Gasteiger partial charge on any atom is 0.251 e. The number of rotatable bonds is 4. The Kier molecular flexibility index (Phi) is 4.35. The quantitative estimate of drug-likeness (QED) is 0.461. The molecule has 1 saturated carbocycles. The summed E-state index contributed by atoms with van der Waals surface area (Å²) >= 11 is 0. The van der Waals surface area contributed by atoms with Crippen LogP contribution in [0.3, 0.4) is 0 Å². The number of ether oxygens (including phenoxy) is 1. The summed E-state index contributed by atoms with van der Waals surface area (Å²) in [6, 6.07) is 16.0. The van der Waals surface area contributed by atoms with Crippen molar-refractivity contribution in [2.24, 2.45) is 0 Å². The van der Waals surface area contributed by atoms with E-state index in [1.807, 2.05) is 42.5 Å². The van der Waals surface area contributed by atoms with Gasteiger partial charge in [-0.1, -0.05) is 6.07 Å². The largest absolute Gasteiger partial charge is 0.493 e. The fourth-order valence-corrected chi connectivity index (χ4v) is 4.24. The van der Waals surface area contributed by atoms with E-state index in [9.17, 15) is 4.79 Å². The van der Waals surface area contributed by atoms with Gasteiger partial charge >= 0.3 is 0 Å². The molecule has 0 spiro atoms. The molecule has 7 heteroatoms. The molecule has 1 unspecified atom stereocenters. The average molecular weight is 425 g/mol. The molecule has 2 aromatic carbocycles. The monoisotopic (exact) mass is 425 g/mol. The van der Waals surface area contributed by atoms with Crippen molar-refractivity contribution in [2.45, 2.75) is 31.2 Å². The number of hydrogen-bond donors (Lipinski definition) is 3. The van der Waals surface area contributed by atoms with Crippen molar-refractivity contribution in [1.82, 2.24) is 20.3 Å². The van der Waals surface area contributed by atoms with Gasteiger partial charge in [0.2, 0.25) is 0 Å². The van der Waals surface area contributed by atoms with Crippen molar-refractivity contribution < 1.29 is 9.53 Å². The Morgan fingerprint density at radius 3 is 2.81 bits per heavy atom. The van der Waals surface area contributed by atoms with E-state index >= 15 is 0 Å². The molecule has 32 heavy (non-hydrogen) atoms. The van der Waals surface area contributed by atoms with Gasteiger partial charge in [0.15, 0.2) is 0 Å². The summed E-state index contributed by atoms with van der Waals surface area (Å²) in [6.07, 6.45) is 4.63. The van der Waals surface area contributed by atoms with E-state index in [0.717, 1.165) is 58.6 Å². The Morgan fingerprint density at radius 2 is 1.97 bits per heavy atom. The normalized spacial score (nSPS) is 17.6. The Bertz CT molecular complexity index is 1340. The number of nitrogens with two attached hydrogens (primary N) is 1. The van der Waals surface area contributed by atoms with E-state index in [1.165, 1.54) is 0 Å². The van der Waals surface area contributed by atoms with Crippen molar-refractivity contribution in [3.05, 3.63) is 71.7 Å². The predicted octanol–water partition coefficient (Wildman–Crippen LogP) is 3.82. The Hall–Kier alpha value is -3.87. The second kappa shape index (κ2) is 7.37. The Labute approximate surface area is 185 Å². The maximum absolute atomic E-state index is 12.4. The molecule has 6 rings (SSSR count). The third kappa shape index (κ3) is 3.56. The van der Waals surface area contributed by atoms with Gasteiger partial charge in [-0.25, -0.2) is 9.97 Å². The molecule has 1 aliphatic heterocycles. The van der Waals surface area contributed by atoms with Gasteiger partial charge in [-0.3, -0.25) is 4.79 Å². The molecule has 0 bridgehead atoms. The van der Waals surface area contributed by atoms with E-state index in [2.05, 4.69) is 21.4 Å². The lowest BCUT2D eigenvalue weighted by Crippen LogP contribution is -2.26. The fourth-order valence-electron chi connectivity index (χ4n) is 4.24. The first kappa shape index (κ1) is 18.9. The number of amides is 1. The molecule has 4 N–H and O–H groups in total. The number of nitrogens with one attached hydrogen (secondary N) is 2. The van der Waals surface area contributed by atoms with Crippen LogP contribution in [0.4, 0.5) is 5.82 Å². The number of anilines is 1. The number of nitrogen functional groups attached to an aromatic ring is 1. The van der Waals surface area contributed by atoms with E-state index in [4.69, 9.17) is 15.5 Å². The summed E-state index contributed by atoms with van der Waals surface area (Å²) in [4.78, 5) is 24.8. The summed E-state index contributed by atoms with van der Waals surface area (Å²) in [6.45, 7) is 0.550. The zero-order chi connectivity index (χ0) is 21.7. The number of carbonyl (C=O) groups excluding carboxylic acids is 1. The summed E-state index contributed by atoms with van der Waals surface area (Å²) in [5.41, 5.74) is 11.5. The number of carbonyl (C=O) groups is 1. The molecule has 0 radical (unpaired) electrons. The molecule has 1 aliphatic carbocycles. The number of pyridine rings is 1. The zero-order valence-electron chi connectivity index (χ0n) is 17.5. The lowest BCUT2D eigenvalue weighted by Gasteiger charge is -2.24. The number of benzene rings is 2. The summed E-state index contributed by atoms with van der Waals surface area (Å²) in [5.74, 6) is 2.32. The van der Waals surface area contributed by atoms with E-state index in [0.29, 0.717) is 24.0 Å². The lowest BCUT2D eigenvalue weighted by atomic mass is 9.94. The van der Waals surface area contributed by atoms with Gasteiger partial charge in [-0.2, -0.15) is 0 Å². The van der Waals surface area contributed by atoms with Crippen LogP contribution < -0.4 is 15.8 Å². The van der Waals surface area contributed by atoms with Crippen LogP contribution in [0.1, 0.15) is 40.5 Å². The molecule has 1 atom stereocenters. The topological polar surface area (TPSA) is 106 Å². The molecule has 0 saturated heterocycles. The van der Waals surface area contributed by atoms with Crippen LogP contribution >= 0.6 is 0 Å². The first-order valence-electron chi connectivity index (χ1n) is 10.9. The molecule has 2 aromatic heterocycles. The van der Waals surface area contributed by atoms with Crippen molar-refractivity contribution in [3.8, 4) is 16.9 Å². The van der Waals surface area contributed by atoms with Gasteiger partial charge in [-0.15, -0.1) is 0 Å². The molecule has 1 fully saturated rings. The third-order valence-electron chi connectivity index (χ3n) is 6.14. The Morgan fingerprint density at radius 1 is 1.09 bits per heavy atom. The minimum Gasteiger partial charge on any atom is -0.493 e. The number of hydrogen-bond acceptors (Lipinski definition) is 5. The SMILES string of the molecule is Nc1cc(-c2ccc3nc(C4COc5ccc(C(=O)NC6CC6)cc5C4)[nH]c3c2)ccn1. The number of aromatic amines is 1. The summed E-state index contributed by atoms with van der Waals surface area (Å²) < 4.78 is 6.01. The minimum absolute atomic E-state index is 0.00885. The van der Waals surface area contributed by atoms with Crippen LogP contribution in [-0.4, -0.2) is 33.5 Å². The highest BCUT2D eigenvalue weighted by molar-refractivity contribution is 5.95. The Balaban J connectivity index is 1.26. The van der Waals surface area contributed by atoms with Crippen LogP contribution in [0.25, 0.3) is 22.2 Å². The van der Waals surface area contributed by atoms with Gasteiger partial charge in [-0.05, 0) is 78.4 Å². The van der Waals surface area contributed by atoms with Gasteiger partial charge < -0.3 is 20.8 Å². The van der Waals surface area contributed by atoms with Gasteiger partial charge in [0.25, 0.3) is 5.91 Å². The number of aromatic nitrogens is 3. The van der Waals surface area contributed by atoms with Crippen LogP contribution in [0.5, 0.6) is 5.75 Å². The smallest absolute Gasteiger partial charge is 0.251 e. The van der Waals surface area contributed by atoms with Gasteiger partial charge in [0, 0.05) is 17.8 Å². The zero-order valence-corrected chi connectivity index (χ0v) is 17.5. The standard InChI is InChI=1S/C25H23N5O2/c26-23-12-15(7-8-27-23)14-1-5-20-21(11-14)30-24(29-20)18-10-17-9-16(2-6-22(17)32-13-18)25(31)28-19-3-4-19/h1-2,5-9,11-12,18-19H,3-4,10,13H2,(H2,26,27)(H,28,31)(H,29,30). The van der Waals surface area contributed by atoms with Crippen LogP contribution in [0.2, 0.25) is 0 Å².